The third-order valence-corrected chi connectivity index (χ3v) is 1.45. The molecule has 0 aromatic rings. The molecule has 10 heavy (non-hydrogen) atoms. The molecule has 0 spiro atoms. The SMILES string of the molecule is CCSC=C(C#N)C(=O)O. The van der Waals surface area contributed by atoms with Crippen LogP contribution in [0.25, 0.3) is 0 Å². The van der Waals surface area contributed by atoms with E-state index < -0.39 is 5.97 Å². The molecule has 0 atom stereocenters. The number of nitriles is 1. The quantitative estimate of drug-likeness (QED) is 0.494. The van der Waals surface area contributed by atoms with Gasteiger partial charge in [-0.15, -0.1) is 11.8 Å². The van der Waals surface area contributed by atoms with Crippen LogP contribution in [0.15, 0.2) is 11.0 Å². The predicted octanol–water partition coefficient (Wildman–Crippen LogP) is 1.23. The Labute approximate surface area is 63.3 Å². The van der Waals surface area contributed by atoms with Crippen LogP contribution in [0, 0.1) is 11.3 Å². The van der Waals surface area contributed by atoms with Gasteiger partial charge in [0.15, 0.2) is 0 Å². The van der Waals surface area contributed by atoms with Crippen molar-refractivity contribution in [1.82, 2.24) is 0 Å². The van der Waals surface area contributed by atoms with Gasteiger partial charge in [-0.1, -0.05) is 6.92 Å². The van der Waals surface area contributed by atoms with Crippen molar-refractivity contribution >= 4 is 17.7 Å². The fraction of sp³-hybridized carbons (Fsp3) is 0.333. The maximum Gasteiger partial charge on any atom is 0.346 e. The number of aliphatic carboxylic acids is 1. The first-order valence-electron chi connectivity index (χ1n) is 2.67. The number of rotatable bonds is 3. The lowest BCUT2D eigenvalue weighted by atomic mass is 10.3. The van der Waals surface area contributed by atoms with E-state index in [0.29, 0.717) is 0 Å². The molecule has 0 fully saturated rings. The fourth-order valence-corrected chi connectivity index (χ4v) is 0.778. The average Bonchev–Trinajstić information content (AvgIpc) is 1.89. The largest absolute Gasteiger partial charge is 0.477 e. The summed E-state index contributed by atoms with van der Waals surface area (Å²) in [5.41, 5.74) is -0.202. The van der Waals surface area contributed by atoms with Gasteiger partial charge in [0.2, 0.25) is 0 Å². The van der Waals surface area contributed by atoms with Gasteiger partial charge >= 0.3 is 5.97 Å². The molecule has 0 saturated heterocycles. The summed E-state index contributed by atoms with van der Waals surface area (Å²) in [6.07, 6.45) is 0. The first kappa shape index (κ1) is 9.05. The molecule has 4 heteroatoms. The lowest BCUT2D eigenvalue weighted by molar-refractivity contribution is -0.132. The van der Waals surface area contributed by atoms with E-state index in [1.807, 2.05) is 6.92 Å². The van der Waals surface area contributed by atoms with Crippen molar-refractivity contribution in [2.75, 3.05) is 5.75 Å². The highest BCUT2D eigenvalue weighted by molar-refractivity contribution is 8.02. The van der Waals surface area contributed by atoms with Gasteiger partial charge in [-0.2, -0.15) is 5.26 Å². The van der Waals surface area contributed by atoms with Crippen LogP contribution in [-0.4, -0.2) is 16.8 Å². The van der Waals surface area contributed by atoms with Crippen molar-refractivity contribution in [2.24, 2.45) is 0 Å². The Morgan fingerprint density at radius 3 is 2.80 bits per heavy atom. The lowest BCUT2D eigenvalue weighted by Crippen LogP contribution is -1.96. The van der Waals surface area contributed by atoms with E-state index in [-0.39, 0.29) is 5.57 Å². The second kappa shape index (κ2) is 4.89. The van der Waals surface area contributed by atoms with Crippen LogP contribution in [0.5, 0.6) is 0 Å². The van der Waals surface area contributed by atoms with E-state index in [4.69, 9.17) is 10.4 Å². The van der Waals surface area contributed by atoms with Gasteiger partial charge in [-0.05, 0) is 11.2 Å². The van der Waals surface area contributed by atoms with E-state index in [2.05, 4.69) is 0 Å². The molecule has 0 aromatic heterocycles. The van der Waals surface area contributed by atoms with Crippen molar-refractivity contribution in [3.05, 3.63) is 11.0 Å². The molecule has 0 aliphatic carbocycles. The third-order valence-electron chi connectivity index (χ3n) is 0.719. The van der Waals surface area contributed by atoms with Crippen LogP contribution in [0.1, 0.15) is 6.92 Å². The predicted molar refractivity (Wildman–Crippen MR) is 39.5 cm³/mol. The Morgan fingerprint density at radius 2 is 2.50 bits per heavy atom. The van der Waals surface area contributed by atoms with Gasteiger partial charge in [0.05, 0.1) is 0 Å². The number of carbonyl (C=O) groups is 1. The van der Waals surface area contributed by atoms with E-state index in [1.165, 1.54) is 17.2 Å². The number of hydrogen-bond donors (Lipinski definition) is 1. The number of carboxylic acid groups (broad SMARTS) is 1. The molecule has 0 heterocycles. The molecular weight excluding hydrogens is 150 g/mol. The maximum absolute atomic E-state index is 10.1. The minimum absolute atomic E-state index is 0.202. The molecule has 54 valence electrons. The maximum atomic E-state index is 10.1. The highest BCUT2D eigenvalue weighted by Crippen LogP contribution is 2.05. The number of thioether (sulfide) groups is 1. The molecule has 0 aliphatic heterocycles. The first-order chi connectivity index (χ1) is 4.72. The van der Waals surface area contributed by atoms with Gasteiger partial charge in [0.25, 0.3) is 0 Å². The zero-order chi connectivity index (χ0) is 7.98. The summed E-state index contributed by atoms with van der Waals surface area (Å²) in [5, 5.41) is 17.9. The standard InChI is InChI=1S/C6H7NO2S/c1-2-10-4-5(3-7)6(8)9/h4H,2H2,1H3,(H,8,9). The summed E-state index contributed by atoms with van der Waals surface area (Å²) in [7, 11) is 0. The Bertz CT molecular complexity index is 192. The topological polar surface area (TPSA) is 61.1 Å². The molecule has 0 aliphatic rings. The van der Waals surface area contributed by atoms with E-state index in [0.717, 1.165) is 5.75 Å². The van der Waals surface area contributed by atoms with Crippen LogP contribution in [0.2, 0.25) is 0 Å². The minimum atomic E-state index is -1.16. The number of hydrogen-bond acceptors (Lipinski definition) is 3. The summed E-state index contributed by atoms with van der Waals surface area (Å²) in [6.45, 7) is 1.89. The Balaban J connectivity index is 4.09. The summed E-state index contributed by atoms with van der Waals surface area (Å²) in [5.74, 6) is -0.387. The summed E-state index contributed by atoms with van der Waals surface area (Å²) >= 11 is 1.30. The zero-order valence-corrected chi connectivity index (χ0v) is 6.31. The molecule has 0 unspecified atom stereocenters. The molecular formula is C6H7NO2S. The third kappa shape index (κ3) is 3.15. The molecule has 0 radical (unpaired) electrons. The normalized spacial score (nSPS) is 10.6. The second-order valence-electron chi connectivity index (χ2n) is 1.40. The monoisotopic (exact) mass is 157 g/mol. The molecule has 3 nitrogen and oxygen atoms in total. The van der Waals surface area contributed by atoms with Crippen LogP contribution in [-0.2, 0) is 4.79 Å². The van der Waals surface area contributed by atoms with Crippen molar-refractivity contribution in [2.45, 2.75) is 6.92 Å². The van der Waals surface area contributed by atoms with Crippen molar-refractivity contribution < 1.29 is 9.90 Å². The van der Waals surface area contributed by atoms with Gasteiger partial charge in [0, 0.05) is 0 Å². The Hall–Kier alpha value is -0.950. The second-order valence-corrected chi connectivity index (χ2v) is 2.55. The minimum Gasteiger partial charge on any atom is -0.477 e. The van der Waals surface area contributed by atoms with Gasteiger partial charge in [-0.25, -0.2) is 4.79 Å². The Morgan fingerprint density at radius 1 is 1.90 bits per heavy atom. The first-order valence-corrected chi connectivity index (χ1v) is 3.72. The summed E-state index contributed by atoms with van der Waals surface area (Å²) in [6, 6.07) is 1.58. The fourth-order valence-electron chi connectivity index (χ4n) is 0.291. The molecule has 1 N–H and O–H groups in total. The van der Waals surface area contributed by atoms with Gasteiger partial charge < -0.3 is 5.11 Å². The van der Waals surface area contributed by atoms with Crippen LogP contribution in [0.3, 0.4) is 0 Å². The summed E-state index contributed by atoms with van der Waals surface area (Å²) < 4.78 is 0. The van der Waals surface area contributed by atoms with Gasteiger partial charge in [0.1, 0.15) is 11.6 Å². The molecule has 0 saturated carbocycles. The van der Waals surface area contributed by atoms with Crippen molar-refractivity contribution in [3.63, 3.8) is 0 Å². The number of carboxylic acids is 1. The number of nitrogens with zero attached hydrogens (tertiary/aromatic N) is 1. The van der Waals surface area contributed by atoms with Crippen LogP contribution >= 0.6 is 11.8 Å². The van der Waals surface area contributed by atoms with Crippen LogP contribution in [0.4, 0.5) is 0 Å². The summed E-state index contributed by atoms with van der Waals surface area (Å²) in [4.78, 5) is 10.1. The zero-order valence-electron chi connectivity index (χ0n) is 5.50. The van der Waals surface area contributed by atoms with E-state index in [9.17, 15) is 4.79 Å². The highest BCUT2D eigenvalue weighted by atomic mass is 32.2. The molecule has 0 bridgehead atoms. The average molecular weight is 157 g/mol. The van der Waals surface area contributed by atoms with Crippen LogP contribution < -0.4 is 0 Å². The van der Waals surface area contributed by atoms with E-state index in [1.54, 1.807) is 6.07 Å². The van der Waals surface area contributed by atoms with Crippen molar-refractivity contribution in [3.8, 4) is 6.07 Å². The highest BCUT2D eigenvalue weighted by Gasteiger charge is 2.03. The smallest absolute Gasteiger partial charge is 0.346 e. The Kier molecular flexibility index (Phi) is 4.42. The molecule has 0 rings (SSSR count). The van der Waals surface area contributed by atoms with Crippen molar-refractivity contribution in [1.29, 1.82) is 5.26 Å². The van der Waals surface area contributed by atoms with E-state index >= 15 is 0 Å². The molecule has 0 aromatic carbocycles. The lowest BCUT2D eigenvalue weighted by Gasteiger charge is -1.87. The molecule has 0 amide bonds. The van der Waals surface area contributed by atoms with Gasteiger partial charge in [-0.3, -0.25) is 0 Å².